The summed E-state index contributed by atoms with van der Waals surface area (Å²) in [6, 6.07) is -0.952. The van der Waals surface area contributed by atoms with Gasteiger partial charge in [0.15, 0.2) is 10.8 Å². The first-order chi connectivity index (χ1) is 14.4. The molecule has 0 radical (unpaired) electrons. The second-order valence-corrected chi connectivity index (χ2v) is 7.97. The molecule has 14 heteroatoms. The number of oxime groups is 1. The van der Waals surface area contributed by atoms with Crippen LogP contribution in [0.25, 0.3) is 0 Å². The number of anilines is 1. The van der Waals surface area contributed by atoms with E-state index in [0.29, 0.717) is 17.7 Å². The van der Waals surface area contributed by atoms with E-state index >= 15 is 0 Å². The van der Waals surface area contributed by atoms with Gasteiger partial charge in [0, 0.05) is 16.7 Å². The van der Waals surface area contributed by atoms with Gasteiger partial charge < -0.3 is 20.6 Å². The standard InChI is InChI=1S/C16H14ClN5O6S2/c1-28-21-9(8-5-30-16(19-8)18-6-23)12(24)20-10-13(25)22-11(15(26)27)7(2-3-17)4-29-14(10)22/h2-3,5-6,10,14H,4H2,1H3,(H,20,24)(H,26,27)(H,18,19,23)/b3-2+,21-9-/t10?,14-/m1/s1. The molecule has 0 saturated carbocycles. The number of aliphatic carboxylic acids is 1. The van der Waals surface area contributed by atoms with Crippen LogP contribution in [-0.2, 0) is 24.0 Å². The van der Waals surface area contributed by atoms with Gasteiger partial charge in [-0.2, -0.15) is 0 Å². The second kappa shape index (κ2) is 9.28. The molecule has 3 N–H and O–H groups in total. The van der Waals surface area contributed by atoms with E-state index in [1.165, 1.54) is 35.9 Å². The quantitative estimate of drug-likeness (QED) is 0.215. The van der Waals surface area contributed by atoms with E-state index in [4.69, 9.17) is 16.4 Å². The molecule has 0 bridgehead atoms. The molecule has 2 aliphatic heterocycles. The number of thioether (sulfide) groups is 1. The van der Waals surface area contributed by atoms with Crippen molar-refractivity contribution in [1.82, 2.24) is 15.2 Å². The maximum atomic E-state index is 12.7. The minimum atomic E-state index is -1.26. The smallest absolute Gasteiger partial charge is 0.352 e. The number of carboxylic acid groups (broad SMARTS) is 1. The van der Waals surface area contributed by atoms with Crippen molar-refractivity contribution in [2.24, 2.45) is 5.16 Å². The third-order valence-corrected chi connectivity index (χ3v) is 6.28. The van der Waals surface area contributed by atoms with E-state index in [0.717, 1.165) is 16.2 Å². The Hall–Kier alpha value is -2.90. The summed E-state index contributed by atoms with van der Waals surface area (Å²) in [7, 11) is 1.24. The molecular weight excluding hydrogens is 458 g/mol. The van der Waals surface area contributed by atoms with Crippen LogP contribution >= 0.6 is 34.7 Å². The molecule has 1 unspecified atom stereocenters. The number of carbonyl (C=O) groups is 4. The number of amides is 3. The Morgan fingerprint density at radius 2 is 2.27 bits per heavy atom. The van der Waals surface area contributed by atoms with E-state index < -0.39 is 29.2 Å². The van der Waals surface area contributed by atoms with Crippen LogP contribution in [0.3, 0.4) is 0 Å². The van der Waals surface area contributed by atoms with Gasteiger partial charge in [-0.25, -0.2) is 9.78 Å². The van der Waals surface area contributed by atoms with Gasteiger partial charge >= 0.3 is 5.97 Å². The van der Waals surface area contributed by atoms with E-state index in [2.05, 4.69) is 20.8 Å². The number of halogens is 1. The lowest BCUT2D eigenvalue weighted by molar-refractivity contribution is -0.150. The largest absolute Gasteiger partial charge is 0.477 e. The average molecular weight is 472 g/mol. The van der Waals surface area contributed by atoms with Crippen molar-refractivity contribution in [1.29, 1.82) is 0 Å². The van der Waals surface area contributed by atoms with E-state index in [-0.39, 0.29) is 22.2 Å². The molecule has 0 spiro atoms. The van der Waals surface area contributed by atoms with Crippen molar-refractivity contribution >= 4 is 69.7 Å². The molecule has 30 heavy (non-hydrogen) atoms. The Bertz CT molecular complexity index is 991. The number of aromatic nitrogens is 1. The monoisotopic (exact) mass is 471 g/mol. The van der Waals surface area contributed by atoms with Gasteiger partial charge in [0.25, 0.3) is 11.8 Å². The first-order valence-electron chi connectivity index (χ1n) is 8.18. The highest BCUT2D eigenvalue weighted by atomic mass is 35.5. The maximum absolute atomic E-state index is 12.7. The van der Waals surface area contributed by atoms with Crippen LogP contribution in [0, 0.1) is 0 Å². The number of hydrogen-bond acceptors (Lipinski definition) is 9. The predicted octanol–water partition coefficient (Wildman–Crippen LogP) is 0.553. The molecule has 158 valence electrons. The van der Waals surface area contributed by atoms with Gasteiger partial charge in [0.2, 0.25) is 6.41 Å². The van der Waals surface area contributed by atoms with Gasteiger partial charge in [-0.15, -0.1) is 23.1 Å². The van der Waals surface area contributed by atoms with Crippen LogP contribution in [0.15, 0.2) is 33.4 Å². The molecule has 1 aromatic rings. The number of carboxylic acids is 1. The molecular formula is C16H14ClN5O6S2. The fourth-order valence-electron chi connectivity index (χ4n) is 2.85. The summed E-state index contributed by atoms with van der Waals surface area (Å²) in [5, 5.41) is 19.2. The molecule has 2 aliphatic rings. The van der Waals surface area contributed by atoms with Gasteiger partial charge in [0.1, 0.15) is 29.9 Å². The fraction of sp³-hybridized carbons (Fsp3) is 0.250. The summed E-state index contributed by atoms with van der Waals surface area (Å²) < 4.78 is 0. The number of allylic oxidation sites excluding steroid dienone is 1. The Morgan fingerprint density at radius 3 is 2.90 bits per heavy atom. The highest BCUT2D eigenvalue weighted by Gasteiger charge is 2.54. The van der Waals surface area contributed by atoms with Gasteiger partial charge in [-0.1, -0.05) is 16.8 Å². The van der Waals surface area contributed by atoms with Crippen LogP contribution in [0.4, 0.5) is 5.13 Å². The Labute approximate surface area is 182 Å². The molecule has 0 aromatic carbocycles. The van der Waals surface area contributed by atoms with Gasteiger partial charge in [-0.3, -0.25) is 19.3 Å². The Morgan fingerprint density at radius 1 is 1.50 bits per heavy atom. The number of β-lactam (4-membered cyclic amide) rings is 1. The third-order valence-electron chi connectivity index (χ3n) is 4.08. The van der Waals surface area contributed by atoms with Gasteiger partial charge in [0.05, 0.1) is 0 Å². The molecule has 3 amide bonds. The van der Waals surface area contributed by atoms with E-state index in [1.807, 2.05) is 0 Å². The molecule has 1 saturated heterocycles. The lowest BCUT2D eigenvalue weighted by Gasteiger charge is -2.49. The zero-order chi connectivity index (χ0) is 21.8. The van der Waals surface area contributed by atoms with Crippen molar-refractivity contribution in [3.05, 3.63) is 34.0 Å². The molecule has 0 aliphatic carbocycles. The predicted molar refractivity (Wildman–Crippen MR) is 110 cm³/mol. The topological polar surface area (TPSA) is 150 Å². The molecule has 3 heterocycles. The third kappa shape index (κ3) is 4.04. The van der Waals surface area contributed by atoms with Crippen LogP contribution < -0.4 is 10.6 Å². The molecule has 2 atom stereocenters. The van der Waals surface area contributed by atoms with Crippen molar-refractivity contribution < 1.29 is 29.1 Å². The number of nitrogens with one attached hydrogen (secondary N) is 2. The van der Waals surface area contributed by atoms with E-state index in [9.17, 15) is 24.3 Å². The second-order valence-electron chi connectivity index (χ2n) is 5.76. The molecule has 1 aromatic heterocycles. The van der Waals surface area contributed by atoms with Crippen molar-refractivity contribution in [3.63, 3.8) is 0 Å². The first kappa shape index (κ1) is 21.8. The highest BCUT2D eigenvalue weighted by molar-refractivity contribution is 8.00. The molecule has 3 rings (SSSR count). The number of nitrogens with zero attached hydrogens (tertiary/aromatic N) is 3. The Balaban J connectivity index is 1.79. The lowest BCUT2D eigenvalue weighted by Crippen LogP contribution is -2.71. The number of carbonyl (C=O) groups excluding carboxylic acids is 3. The number of thiazole rings is 1. The zero-order valence-electron chi connectivity index (χ0n) is 15.2. The summed E-state index contributed by atoms with van der Waals surface area (Å²) in [6.07, 6.45) is 1.86. The fourth-order valence-corrected chi connectivity index (χ4v) is 4.98. The summed E-state index contributed by atoms with van der Waals surface area (Å²) in [5.41, 5.74) is 1.36. The SMILES string of the molecule is CO/N=C(\C(=O)NC1C(=O)N2C(C(=O)O)=C(/C=C/Cl)CS[C@H]12)c1csc(NC=O)n1. The van der Waals surface area contributed by atoms with Crippen LogP contribution in [0.2, 0.25) is 0 Å². The summed E-state index contributed by atoms with van der Waals surface area (Å²) in [6.45, 7) is 0. The number of rotatable bonds is 8. The Kier molecular flexibility index (Phi) is 6.74. The van der Waals surface area contributed by atoms with Crippen molar-refractivity contribution in [3.8, 4) is 0 Å². The normalized spacial score (nSPS) is 21.2. The maximum Gasteiger partial charge on any atom is 0.352 e. The number of hydrogen-bond donors (Lipinski definition) is 3. The lowest BCUT2D eigenvalue weighted by atomic mass is 10.0. The average Bonchev–Trinajstić information content (AvgIpc) is 3.18. The molecule has 1 fully saturated rings. The molecule has 11 nitrogen and oxygen atoms in total. The van der Waals surface area contributed by atoms with Crippen LogP contribution in [-0.4, -0.2) is 69.2 Å². The minimum Gasteiger partial charge on any atom is -0.477 e. The zero-order valence-corrected chi connectivity index (χ0v) is 17.6. The highest BCUT2D eigenvalue weighted by Crippen LogP contribution is 2.40. The van der Waals surface area contributed by atoms with E-state index in [1.54, 1.807) is 0 Å². The number of fused-ring (bicyclic) bond motifs is 1. The van der Waals surface area contributed by atoms with Gasteiger partial charge in [-0.05, 0) is 11.6 Å². The van der Waals surface area contributed by atoms with Crippen LogP contribution in [0.1, 0.15) is 5.69 Å². The summed E-state index contributed by atoms with van der Waals surface area (Å²) in [5.74, 6) is -2.26. The van der Waals surface area contributed by atoms with Crippen molar-refractivity contribution in [2.75, 3.05) is 18.2 Å². The summed E-state index contributed by atoms with van der Waals surface area (Å²) >= 11 is 7.92. The summed E-state index contributed by atoms with van der Waals surface area (Å²) in [4.78, 5) is 57.4. The first-order valence-corrected chi connectivity index (χ1v) is 10.5. The minimum absolute atomic E-state index is 0.143. The van der Waals surface area contributed by atoms with Crippen LogP contribution in [0.5, 0.6) is 0 Å². The van der Waals surface area contributed by atoms with Crippen molar-refractivity contribution in [2.45, 2.75) is 11.4 Å².